The molecule has 5 nitrogen and oxygen atoms in total. The van der Waals surface area contributed by atoms with Gasteiger partial charge < -0.3 is 14.6 Å². The highest BCUT2D eigenvalue weighted by Gasteiger charge is 2.19. The summed E-state index contributed by atoms with van der Waals surface area (Å²) >= 11 is 0. The molecule has 0 aliphatic heterocycles. The third kappa shape index (κ3) is 4.21. The highest BCUT2D eigenvalue weighted by molar-refractivity contribution is 5.76. The fraction of sp³-hybridized carbons (Fsp3) is 0.571. The van der Waals surface area contributed by atoms with Crippen molar-refractivity contribution in [2.45, 2.75) is 46.4 Å². The monoisotopic (exact) mass is 266 g/mol. The van der Waals surface area contributed by atoms with Crippen molar-refractivity contribution < 1.29 is 9.90 Å². The van der Waals surface area contributed by atoms with Crippen LogP contribution in [0.1, 0.15) is 26.3 Å². The van der Waals surface area contributed by atoms with Crippen LogP contribution in [0.15, 0.2) is 23.1 Å². The second-order valence-corrected chi connectivity index (χ2v) is 5.11. The Morgan fingerprint density at radius 3 is 2.58 bits per heavy atom. The van der Waals surface area contributed by atoms with E-state index in [1.54, 1.807) is 37.1 Å². The number of amides is 1. The zero-order chi connectivity index (χ0) is 14.6. The van der Waals surface area contributed by atoms with E-state index in [1.807, 2.05) is 13.8 Å². The molecule has 0 aliphatic rings. The van der Waals surface area contributed by atoms with Crippen LogP contribution < -0.4 is 5.56 Å². The lowest BCUT2D eigenvalue weighted by Crippen LogP contribution is -2.44. The predicted molar refractivity (Wildman–Crippen MR) is 74.0 cm³/mol. The van der Waals surface area contributed by atoms with Crippen LogP contribution in [0, 0.1) is 6.92 Å². The molecule has 0 spiro atoms. The van der Waals surface area contributed by atoms with Crippen LogP contribution in [0.4, 0.5) is 0 Å². The smallest absolute Gasteiger partial charge is 0.253 e. The maximum absolute atomic E-state index is 12.2. The predicted octanol–water partition coefficient (Wildman–Crippen LogP) is 0.775. The zero-order valence-corrected chi connectivity index (χ0v) is 12.0. The largest absolute Gasteiger partial charge is 0.392 e. The molecular formula is C14H22N2O3. The third-order valence-electron chi connectivity index (χ3n) is 2.92. The summed E-state index contributed by atoms with van der Waals surface area (Å²) in [6.45, 7) is 7.42. The van der Waals surface area contributed by atoms with Gasteiger partial charge in [0.25, 0.3) is 5.56 Å². The number of carbonyl (C=O) groups is 1. The number of aryl methyl sites for hydroxylation is 1. The molecule has 1 aromatic rings. The molecule has 0 saturated carbocycles. The van der Waals surface area contributed by atoms with Gasteiger partial charge in [0.2, 0.25) is 5.91 Å². The number of rotatable bonds is 5. The summed E-state index contributed by atoms with van der Waals surface area (Å²) in [7, 11) is 0. The van der Waals surface area contributed by atoms with E-state index in [1.165, 1.54) is 4.57 Å². The molecule has 0 saturated heterocycles. The minimum atomic E-state index is -0.583. The van der Waals surface area contributed by atoms with Crippen LogP contribution in [-0.4, -0.2) is 39.2 Å². The van der Waals surface area contributed by atoms with Crippen molar-refractivity contribution in [1.82, 2.24) is 9.47 Å². The molecule has 106 valence electrons. The van der Waals surface area contributed by atoms with Crippen LogP contribution >= 0.6 is 0 Å². The number of aliphatic hydroxyl groups excluding tert-OH is 1. The van der Waals surface area contributed by atoms with Crippen molar-refractivity contribution in [3.8, 4) is 0 Å². The van der Waals surface area contributed by atoms with Crippen LogP contribution in [0.25, 0.3) is 0 Å². The fourth-order valence-corrected chi connectivity index (χ4v) is 1.90. The second-order valence-electron chi connectivity index (χ2n) is 5.11. The molecule has 0 aliphatic carbocycles. The van der Waals surface area contributed by atoms with E-state index in [0.717, 1.165) is 0 Å². The normalized spacial score (nSPS) is 12.5. The standard InChI is InChI=1S/C14H22N2O3/c1-10(2)16(8-12(4)17)13(18)9-15-7-5-6-11(3)14(15)19/h5-7,10,12,17H,8-9H2,1-4H3. The van der Waals surface area contributed by atoms with Gasteiger partial charge in [-0.2, -0.15) is 0 Å². The van der Waals surface area contributed by atoms with E-state index >= 15 is 0 Å². The van der Waals surface area contributed by atoms with Crippen LogP contribution in [0.3, 0.4) is 0 Å². The third-order valence-corrected chi connectivity index (χ3v) is 2.92. The molecule has 19 heavy (non-hydrogen) atoms. The van der Waals surface area contributed by atoms with Crippen LogP contribution in [0.2, 0.25) is 0 Å². The summed E-state index contributed by atoms with van der Waals surface area (Å²) < 4.78 is 1.40. The molecule has 1 amide bonds. The van der Waals surface area contributed by atoms with Gasteiger partial charge in [0, 0.05) is 24.3 Å². The van der Waals surface area contributed by atoms with Crippen molar-refractivity contribution in [2.24, 2.45) is 0 Å². The van der Waals surface area contributed by atoms with Crippen molar-refractivity contribution in [3.05, 3.63) is 34.2 Å². The first-order valence-corrected chi connectivity index (χ1v) is 6.46. The Bertz CT molecular complexity index is 492. The minimum absolute atomic E-state index is 0.00537. The van der Waals surface area contributed by atoms with Gasteiger partial charge in [-0.05, 0) is 33.8 Å². The second kappa shape index (κ2) is 6.52. The summed E-state index contributed by atoms with van der Waals surface area (Å²) in [4.78, 5) is 25.7. The van der Waals surface area contributed by atoms with Crippen LogP contribution in [0.5, 0.6) is 0 Å². The molecule has 0 radical (unpaired) electrons. The van der Waals surface area contributed by atoms with E-state index in [4.69, 9.17) is 0 Å². The summed E-state index contributed by atoms with van der Waals surface area (Å²) in [5.41, 5.74) is 0.457. The van der Waals surface area contributed by atoms with E-state index in [9.17, 15) is 14.7 Å². The number of aromatic nitrogens is 1. The van der Waals surface area contributed by atoms with E-state index in [0.29, 0.717) is 5.56 Å². The quantitative estimate of drug-likeness (QED) is 0.856. The van der Waals surface area contributed by atoms with Gasteiger partial charge in [-0.3, -0.25) is 9.59 Å². The summed E-state index contributed by atoms with van der Waals surface area (Å²) in [5.74, 6) is -0.163. The lowest BCUT2D eigenvalue weighted by molar-refractivity contribution is -0.135. The lowest BCUT2D eigenvalue weighted by Gasteiger charge is -2.28. The van der Waals surface area contributed by atoms with Crippen molar-refractivity contribution >= 4 is 5.91 Å². The van der Waals surface area contributed by atoms with Gasteiger partial charge in [0.05, 0.1) is 6.10 Å². The number of pyridine rings is 1. The van der Waals surface area contributed by atoms with Crippen molar-refractivity contribution in [3.63, 3.8) is 0 Å². The van der Waals surface area contributed by atoms with Gasteiger partial charge in [-0.15, -0.1) is 0 Å². The van der Waals surface area contributed by atoms with E-state index < -0.39 is 6.10 Å². The molecule has 0 bridgehead atoms. The van der Waals surface area contributed by atoms with Crippen molar-refractivity contribution in [1.29, 1.82) is 0 Å². The van der Waals surface area contributed by atoms with Crippen LogP contribution in [-0.2, 0) is 11.3 Å². The fourth-order valence-electron chi connectivity index (χ4n) is 1.90. The molecule has 1 N–H and O–H groups in total. The van der Waals surface area contributed by atoms with Gasteiger partial charge in [0.15, 0.2) is 0 Å². The number of nitrogens with zero attached hydrogens (tertiary/aromatic N) is 2. The van der Waals surface area contributed by atoms with Gasteiger partial charge in [-0.1, -0.05) is 6.07 Å². The Hall–Kier alpha value is -1.62. The summed E-state index contributed by atoms with van der Waals surface area (Å²) in [5, 5.41) is 9.42. The first-order valence-electron chi connectivity index (χ1n) is 6.46. The van der Waals surface area contributed by atoms with Gasteiger partial charge in [0.1, 0.15) is 6.54 Å². The van der Waals surface area contributed by atoms with Gasteiger partial charge in [-0.25, -0.2) is 0 Å². The molecule has 5 heteroatoms. The Kier molecular flexibility index (Phi) is 5.30. The average Bonchev–Trinajstić information content (AvgIpc) is 2.31. The number of aliphatic hydroxyl groups is 1. The Morgan fingerprint density at radius 2 is 2.05 bits per heavy atom. The van der Waals surface area contributed by atoms with Crippen molar-refractivity contribution in [2.75, 3.05) is 6.54 Å². The molecule has 0 fully saturated rings. The molecule has 1 atom stereocenters. The number of hydrogen-bond acceptors (Lipinski definition) is 3. The zero-order valence-electron chi connectivity index (χ0n) is 12.0. The minimum Gasteiger partial charge on any atom is -0.392 e. The molecule has 1 unspecified atom stereocenters. The summed E-state index contributed by atoms with van der Waals surface area (Å²) in [6, 6.07) is 3.46. The molecule has 0 aromatic carbocycles. The topological polar surface area (TPSA) is 62.5 Å². The highest BCUT2D eigenvalue weighted by Crippen LogP contribution is 2.03. The SMILES string of the molecule is Cc1cccn(CC(=O)N(CC(C)O)C(C)C)c1=O. The van der Waals surface area contributed by atoms with E-state index in [2.05, 4.69) is 0 Å². The van der Waals surface area contributed by atoms with Gasteiger partial charge >= 0.3 is 0 Å². The Morgan fingerprint density at radius 1 is 1.42 bits per heavy atom. The maximum atomic E-state index is 12.2. The van der Waals surface area contributed by atoms with E-state index in [-0.39, 0.29) is 30.6 Å². The first kappa shape index (κ1) is 15.4. The first-order chi connectivity index (χ1) is 8.82. The maximum Gasteiger partial charge on any atom is 0.253 e. The Balaban J connectivity index is 2.88. The molecule has 1 heterocycles. The molecule has 1 rings (SSSR count). The number of hydrogen-bond donors (Lipinski definition) is 1. The molecular weight excluding hydrogens is 244 g/mol. The lowest BCUT2D eigenvalue weighted by atomic mass is 10.2. The molecule has 1 aromatic heterocycles. The Labute approximate surface area is 113 Å². The highest BCUT2D eigenvalue weighted by atomic mass is 16.3. The average molecular weight is 266 g/mol. The summed E-state index contributed by atoms with van der Waals surface area (Å²) in [6.07, 6.45) is 1.02. The number of carbonyl (C=O) groups excluding carboxylic acids is 1.